The fourth-order valence-corrected chi connectivity index (χ4v) is 6.65. The molecule has 1 aromatic heterocycles. The van der Waals surface area contributed by atoms with Gasteiger partial charge in [0.25, 0.3) is 5.92 Å². The number of nitrogens with zero attached hydrogens (tertiary/aromatic N) is 1. The van der Waals surface area contributed by atoms with Gasteiger partial charge in [-0.1, -0.05) is 60.7 Å². The van der Waals surface area contributed by atoms with E-state index >= 15 is 0 Å². The minimum Gasteiger partial charge on any atom is -0.388 e. The normalized spacial score (nSPS) is 19.7. The van der Waals surface area contributed by atoms with Crippen LogP contribution in [0.1, 0.15) is 42.6 Å². The van der Waals surface area contributed by atoms with E-state index < -0.39 is 12.0 Å². The maximum Gasteiger partial charge on any atom is 0.270 e. The number of halogens is 3. The third-order valence-electron chi connectivity index (χ3n) is 7.89. The minimum absolute atomic E-state index is 0. The highest BCUT2D eigenvalue weighted by atomic mass is 35.5. The van der Waals surface area contributed by atoms with Crippen molar-refractivity contribution in [2.75, 3.05) is 45.9 Å². The number of nitrogens with one attached hydrogen (secondary N) is 1. The number of allylic oxidation sites excluding steroid dienone is 2. The zero-order valence-corrected chi connectivity index (χ0v) is 23.7. The number of fused-ring (bicyclic) bond motifs is 1. The number of aliphatic hydroxyl groups excluding tert-OH is 1. The first-order valence-electron chi connectivity index (χ1n) is 13.6. The number of thiophene rings is 1. The molecular weight excluding hydrogens is 538 g/mol. The second kappa shape index (κ2) is 13.5. The van der Waals surface area contributed by atoms with Gasteiger partial charge in [-0.25, -0.2) is 8.78 Å². The van der Waals surface area contributed by atoms with E-state index in [1.54, 1.807) is 17.4 Å². The number of ether oxygens (including phenoxy) is 1. The smallest absolute Gasteiger partial charge is 0.270 e. The van der Waals surface area contributed by atoms with Crippen molar-refractivity contribution in [3.05, 3.63) is 94.9 Å². The van der Waals surface area contributed by atoms with Crippen molar-refractivity contribution in [3.63, 3.8) is 0 Å². The Balaban J connectivity index is 0.00000353. The van der Waals surface area contributed by atoms with Crippen molar-refractivity contribution < 1.29 is 23.1 Å². The van der Waals surface area contributed by atoms with Gasteiger partial charge in [0.1, 0.15) is 12.6 Å². The molecule has 5 rings (SSSR count). The molecule has 0 radical (unpaired) electrons. The molecule has 4 nitrogen and oxygen atoms in total. The molecule has 0 spiro atoms. The van der Waals surface area contributed by atoms with Crippen LogP contribution in [0.2, 0.25) is 0 Å². The maximum absolute atomic E-state index is 13.7. The number of quaternary nitrogens is 1. The van der Waals surface area contributed by atoms with Crippen LogP contribution in [0.25, 0.3) is 10.1 Å². The average Bonchev–Trinajstić information content (AvgIpc) is 3.37. The second-order valence-corrected chi connectivity index (χ2v) is 11.4. The van der Waals surface area contributed by atoms with Gasteiger partial charge in [0.05, 0.1) is 32.3 Å². The number of aliphatic hydroxyl groups is 1. The predicted octanol–water partition coefficient (Wildman–Crippen LogP) is 6.84. The Bertz CT molecular complexity index is 1260. The molecule has 2 atom stereocenters. The van der Waals surface area contributed by atoms with Gasteiger partial charge in [-0.2, -0.15) is 0 Å². The van der Waals surface area contributed by atoms with Crippen LogP contribution < -0.4 is 5.32 Å². The van der Waals surface area contributed by atoms with E-state index in [-0.39, 0.29) is 24.9 Å². The van der Waals surface area contributed by atoms with E-state index in [1.807, 2.05) is 42.5 Å². The van der Waals surface area contributed by atoms with Crippen LogP contribution in [-0.2, 0) is 4.74 Å². The number of alkyl halides is 2. The lowest BCUT2D eigenvalue weighted by Crippen LogP contribution is -2.60. The summed E-state index contributed by atoms with van der Waals surface area (Å²) in [5.41, 5.74) is 2.80. The molecule has 2 heterocycles. The Morgan fingerprint density at radius 1 is 1.03 bits per heavy atom. The number of hydrogen-bond donors (Lipinski definition) is 2. The van der Waals surface area contributed by atoms with E-state index in [9.17, 15) is 13.9 Å². The average molecular weight is 576 g/mol. The van der Waals surface area contributed by atoms with Gasteiger partial charge >= 0.3 is 0 Å². The molecule has 8 heteroatoms. The first-order chi connectivity index (χ1) is 18.4. The Hall–Kier alpha value is -2.13. The summed E-state index contributed by atoms with van der Waals surface area (Å²) in [5.74, 6) is -2.79. The third kappa shape index (κ3) is 7.54. The van der Waals surface area contributed by atoms with Crippen LogP contribution in [0, 0.1) is 0 Å². The van der Waals surface area contributed by atoms with Crippen LogP contribution in [0.5, 0.6) is 0 Å². The van der Waals surface area contributed by atoms with Crippen molar-refractivity contribution in [1.29, 1.82) is 0 Å². The summed E-state index contributed by atoms with van der Waals surface area (Å²) in [6.07, 6.45) is 4.67. The summed E-state index contributed by atoms with van der Waals surface area (Å²) in [7, 11) is 0. The summed E-state index contributed by atoms with van der Waals surface area (Å²) in [4.78, 5) is 0. The first kappa shape index (κ1) is 29.8. The standard InChI is InChI=1S/C31H37F2N2O2S.ClH/c32-31(33)14-12-25(13-15-31)30(24-7-2-1-3-8-24)37-22-21-35(19-16-34-17-20-35)18-6-10-28(36)27-23-38-29-11-5-4-9-26(27)29;/h1-5,7-9,11-14,23,28,30,34,36H,6,10,15-22H2;1H/q+1;. The lowest BCUT2D eigenvalue weighted by molar-refractivity contribution is -0.930. The summed E-state index contributed by atoms with van der Waals surface area (Å²) >= 11 is 1.69. The predicted molar refractivity (Wildman–Crippen MR) is 158 cm³/mol. The highest BCUT2D eigenvalue weighted by Gasteiger charge is 2.32. The molecule has 2 N–H and O–H groups in total. The van der Waals surface area contributed by atoms with Crippen LogP contribution in [0.3, 0.4) is 0 Å². The molecule has 0 amide bonds. The van der Waals surface area contributed by atoms with Gasteiger partial charge < -0.3 is 19.6 Å². The molecule has 1 aliphatic heterocycles. The third-order valence-corrected chi connectivity index (χ3v) is 8.87. The summed E-state index contributed by atoms with van der Waals surface area (Å²) in [6.45, 7) is 6.34. The zero-order chi connectivity index (χ0) is 26.4. The summed E-state index contributed by atoms with van der Waals surface area (Å²) in [6, 6.07) is 18.1. The Morgan fingerprint density at radius 2 is 1.77 bits per heavy atom. The fraction of sp³-hybridized carbons (Fsp3) is 0.419. The number of piperazine rings is 1. The van der Waals surface area contributed by atoms with Gasteiger partial charge in [0, 0.05) is 24.2 Å². The minimum atomic E-state index is -2.79. The second-order valence-electron chi connectivity index (χ2n) is 10.5. The van der Waals surface area contributed by atoms with Crippen LogP contribution in [0.4, 0.5) is 8.78 Å². The first-order valence-corrected chi connectivity index (χ1v) is 14.5. The van der Waals surface area contributed by atoms with E-state index in [1.165, 1.54) is 10.8 Å². The molecule has 1 saturated heterocycles. The summed E-state index contributed by atoms with van der Waals surface area (Å²) < 4.78 is 36.1. The number of hydrogen-bond acceptors (Lipinski definition) is 4. The van der Waals surface area contributed by atoms with Gasteiger partial charge in [0.15, 0.2) is 0 Å². The lowest BCUT2D eigenvalue weighted by Gasteiger charge is -2.42. The largest absolute Gasteiger partial charge is 0.388 e. The molecule has 2 aliphatic rings. The van der Waals surface area contributed by atoms with E-state index in [2.05, 4.69) is 22.8 Å². The highest BCUT2D eigenvalue weighted by Crippen LogP contribution is 2.35. The van der Waals surface area contributed by atoms with Crippen molar-refractivity contribution in [2.24, 2.45) is 0 Å². The van der Waals surface area contributed by atoms with E-state index in [0.717, 1.165) is 84.8 Å². The topological polar surface area (TPSA) is 41.5 Å². The van der Waals surface area contributed by atoms with Crippen LogP contribution in [0.15, 0.2) is 83.8 Å². The Kier molecular flexibility index (Phi) is 10.3. The molecular formula is C31H38ClF2N2O2S+. The molecule has 1 fully saturated rings. The molecule has 39 heavy (non-hydrogen) atoms. The molecule has 0 saturated carbocycles. The van der Waals surface area contributed by atoms with E-state index in [4.69, 9.17) is 4.74 Å². The SMILES string of the molecule is Cl.OC(CCC[N+]1(CCOC(C2=CCC(F)(F)C=C2)c2ccccc2)CCNCC1)c1csc2ccccc12. The van der Waals surface area contributed by atoms with Crippen molar-refractivity contribution in [1.82, 2.24) is 5.32 Å². The molecule has 1 aliphatic carbocycles. The zero-order valence-electron chi connectivity index (χ0n) is 22.1. The maximum atomic E-state index is 13.7. The quantitative estimate of drug-likeness (QED) is 0.246. The van der Waals surface area contributed by atoms with Crippen LogP contribution >= 0.6 is 23.7 Å². The van der Waals surface area contributed by atoms with Gasteiger partial charge in [-0.15, -0.1) is 23.7 Å². The summed E-state index contributed by atoms with van der Waals surface area (Å²) in [5, 5.41) is 17.7. The van der Waals surface area contributed by atoms with E-state index in [0.29, 0.717) is 6.61 Å². The monoisotopic (exact) mass is 575 g/mol. The van der Waals surface area contributed by atoms with Crippen molar-refractivity contribution in [3.8, 4) is 0 Å². The van der Waals surface area contributed by atoms with Crippen molar-refractivity contribution >= 4 is 33.8 Å². The molecule has 210 valence electrons. The molecule has 2 unspecified atom stereocenters. The Morgan fingerprint density at radius 3 is 2.51 bits per heavy atom. The van der Waals surface area contributed by atoms with Crippen molar-refractivity contribution in [2.45, 2.75) is 37.4 Å². The molecule has 3 aromatic rings. The number of rotatable bonds is 11. The lowest BCUT2D eigenvalue weighted by atomic mass is 9.95. The number of benzene rings is 2. The van der Waals surface area contributed by atoms with Gasteiger partial charge in [-0.05, 0) is 52.5 Å². The molecule has 0 bridgehead atoms. The highest BCUT2D eigenvalue weighted by molar-refractivity contribution is 7.17. The van der Waals surface area contributed by atoms with Crippen LogP contribution in [-0.4, -0.2) is 61.4 Å². The molecule has 2 aromatic carbocycles. The fourth-order valence-electron chi connectivity index (χ4n) is 5.64. The Labute approximate surface area is 240 Å². The van der Waals surface area contributed by atoms with Gasteiger partial charge in [-0.3, -0.25) is 0 Å². The van der Waals surface area contributed by atoms with Gasteiger partial charge in [0.2, 0.25) is 0 Å².